The lowest BCUT2D eigenvalue weighted by molar-refractivity contribution is -0.386. The highest BCUT2D eigenvalue weighted by molar-refractivity contribution is 6.30. The second-order valence-electron chi connectivity index (χ2n) is 6.52. The molecule has 0 aliphatic carbocycles. The monoisotopic (exact) mass is 406 g/mol. The number of rotatable bonds is 4. The molecule has 0 amide bonds. The normalized spacial score (nSPS) is 23.2. The molecule has 1 saturated heterocycles. The standard InChI is InChI=1S/C18H16ClFN4O4/c19-13-5-10(1-2-14(13)20)18(21)12-6-16(24(25)26)17(7-15(12)22-9-23-18)28-11-3-4-27-8-11/h1-2,5-7,9,11H,3-4,8,21H2,(H,22,23). The number of aliphatic imine (C=N–C) groups is 1. The molecule has 0 spiro atoms. The number of fused-ring (bicyclic) bond motifs is 1. The average Bonchev–Trinajstić information content (AvgIpc) is 3.16. The number of nitro groups is 1. The summed E-state index contributed by atoms with van der Waals surface area (Å²) in [5, 5.41) is 14.5. The van der Waals surface area contributed by atoms with E-state index < -0.39 is 16.4 Å². The quantitative estimate of drug-likeness (QED) is 0.595. The smallest absolute Gasteiger partial charge is 0.311 e. The van der Waals surface area contributed by atoms with E-state index in [4.69, 9.17) is 26.8 Å². The van der Waals surface area contributed by atoms with Gasteiger partial charge in [-0.2, -0.15) is 0 Å². The first-order chi connectivity index (χ1) is 13.4. The maximum Gasteiger partial charge on any atom is 0.311 e. The number of nitrogens with zero attached hydrogens (tertiary/aromatic N) is 2. The summed E-state index contributed by atoms with van der Waals surface area (Å²) in [6.07, 6.45) is 1.78. The molecule has 0 aromatic heterocycles. The van der Waals surface area contributed by atoms with Crippen LogP contribution in [0.5, 0.6) is 5.75 Å². The third-order valence-electron chi connectivity index (χ3n) is 4.74. The van der Waals surface area contributed by atoms with Crippen molar-refractivity contribution in [3.63, 3.8) is 0 Å². The zero-order chi connectivity index (χ0) is 19.9. The second-order valence-corrected chi connectivity index (χ2v) is 6.93. The van der Waals surface area contributed by atoms with Crippen LogP contribution in [0.25, 0.3) is 0 Å². The third-order valence-corrected chi connectivity index (χ3v) is 5.03. The topological polar surface area (TPSA) is 112 Å². The van der Waals surface area contributed by atoms with Crippen LogP contribution in [0, 0.1) is 15.9 Å². The van der Waals surface area contributed by atoms with E-state index in [2.05, 4.69) is 10.3 Å². The van der Waals surface area contributed by atoms with E-state index in [-0.39, 0.29) is 22.6 Å². The lowest BCUT2D eigenvalue weighted by Gasteiger charge is -2.31. The van der Waals surface area contributed by atoms with Crippen molar-refractivity contribution >= 4 is 29.3 Å². The van der Waals surface area contributed by atoms with Crippen molar-refractivity contribution in [1.82, 2.24) is 0 Å². The minimum absolute atomic E-state index is 0.113. The van der Waals surface area contributed by atoms with Crippen molar-refractivity contribution in [1.29, 1.82) is 0 Å². The molecular weight excluding hydrogens is 391 g/mol. The van der Waals surface area contributed by atoms with Crippen molar-refractivity contribution in [2.45, 2.75) is 18.2 Å². The number of nitrogens with two attached hydrogens (primary N) is 1. The van der Waals surface area contributed by atoms with Crippen molar-refractivity contribution in [2.75, 3.05) is 18.5 Å². The van der Waals surface area contributed by atoms with Crippen molar-refractivity contribution < 1.29 is 18.8 Å². The maximum atomic E-state index is 13.6. The number of nitro benzene ring substituents is 1. The van der Waals surface area contributed by atoms with Crippen LogP contribution >= 0.6 is 11.6 Å². The predicted molar refractivity (Wildman–Crippen MR) is 101 cm³/mol. The Bertz CT molecular complexity index is 980. The minimum Gasteiger partial charge on any atom is -0.481 e. The van der Waals surface area contributed by atoms with Gasteiger partial charge in [0.05, 0.1) is 35.2 Å². The Morgan fingerprint density at radius 1 is 1.43 bits per heavy atom. The van der Waals surface area contributed by atoms with Gasteiger partial charge in [0.15, 0.2) is 11.4 Å². The molecule has 2 unspecified atom stereocenters. The number of halogens is 2. The Balaban J connectivity index is 1.81. The van der Waals surface area contributed by atoms with Gasteiger partial charge in [-0.25, -0.2) is 9.38 Å². The minimum atomic E-state index is -1.47. The van der Waals surface area contributed by atoms with Crippen LogP contribution in [-0.2, 0) is 10.4 Å². The van der Waals surface area contributed by atoms with Gasteiger partial charge < -0.3 is 14.8 Å². The molecule has 2 aliphatic rings. The fourth-order valence-corrected chi connectivity index (χ4v) is 3.44. The molecule has 2 heterocycles. The van der Waals surface area contributed by atoms with E-state index in [0.717, 1.165) is 0 Å². The van der Waals surface area contributed by atoms with Gasteiger partial charge in [0.25, 0.3) is 0 Å². The zero-order valence-electron chi connectivity index (χ0n) is 14.5. The Kier molecular flexibility index (Phi) is 4.66. The van der Waals surface area contributed by atoms with E-state index >= 15 is 0 Å². The molecule has 4 rings (SSSR count). The molecule has 10 heteroatoms. The number of ether oxygens (including phenoxy) is 2. The second kappa shape index (κ2) is 7.01. The van der Waals surface area contributed by atoms with Crippen LogP contribution in [0.3, 0.4) is 0 Å². The van der Waals surface area contributed by atoms with E-state index in [0.29, 0.717) is 36.4 Å². The van der Waals surface area contributed by atoms with E-state index in [1.165, 1.54) is 36.7 Å². The predicted octanol–water partition coefficient (Wildman–Crippen LogP) is 3.17. The largest absolute Gasteiger partial charge is 0.481 e. The summed E-state index contributed by atoms with van der Waals surface area (Å²) in [5.41, 5.74) is 6.01. The summed E-state index contributed by atoms with van der Waals surface area (Å²) < 4.78 is 24.6. The van der Waals surface area contributed by atoms with E-state index in [1.807, 2.05) is 0 Å². The molecule has 2 atom stereocenters. The molecule has 0 bridgehead atoms. The molecule has 0 radical (unpaired) electrons. The summed E-state index contributed by atoms with van der Waals surface area (Å²) in [6, 6.07) is 6.82. The molecule has 2 aliphatic heterocycles. The van der Waals surface area contributed by atoms with Crippen LogP contribution in [0.15, 0.2) is 35.3 Å². The van der Waals surface area contributed by atoms with Gasteiger partial charge in [-0.05, 0) is 12.1 Å². The molecule has 2 aromatic carbocycles. The molecule has 2 aromatic rings. The molecule has 28 heavy (non-hydrogen) atoms. The van der Waals surface area contributed by atoms with Gasteiger partial charge >= 0.3 is 5.69 Å². The Morgan fingerprint density at radius 2 is 2.25 bits per heavy atom. The van der Waals surface area contributed by atoms with Crippen LogP contribution in [0.4, 0.5) is 15.8 Å². The lowest BCUT2D eigenvalue weighted by atomic mass is 9.89. The fraction of sp³-hybridized carbons (Fsp3) is 0.278. The van der Waals surface area contributed by atoms with Crippen LogP contribution < -0.4 is 15.8 Å². The molecule has 0 saturated carbocycles. The molecule has 8 nitrogen and oxygen atoms in total. The number of benzene rings is 2. The highest BCUT2D eigenvalue weighted by Gasteiger charge is 2.37. The first kappa shape index (κ1) is 18.6. The Hall–Kier alpha value is -2.75. The van der Waals surface area contributed by atoms with Gasteiger partial charge in [-0.15, -0.1) is 0 Å². The SMILES string of the molecule is NC1(c2ccc(F)c(Cl)c2)N=CNc2cc(OC3CCOC3)c([N+](=O)[O-])cc21. The van der Waals surface area contributed by atoms with E-state index in [9.17, 15) is 14.5 Å². The highest BCUT2D eigenvalue weighted by atomic mass is 35.5. The van der Waals surface area contributed by atoms with E-state index in [1.54, 1.807) is 0 Å². The van der Waals surface area contributed by atoms with Crippen LogP contribution in [-0.4, -0.2) is 30.6 Å². The number of nitrogens with one attached hydrogen (secondary N) is 1. The highest BCUT2D eigenvalue weighted by Crippen LogP contribution is 2.43. The molecule has 3 N–H and O–H groups in total. The Morgan fingerprint density at radius 3 is 2.93 bits per heavy atom. The van der Waals surface area contributed by atoms with Gasteiger partial charge in [0.2, 0.25) is 0 Å². The van der Waals surface area contributed by atoms with Crippen molar-refractivity contribution in [3.8, 4) is 5.75 Å². The zero-order valence-corrected chi connectivity index (χ0v) is 15.3. The average molecular weight is 407 g/mol. The first-order valence-electron chi connectivity index (χ1n) is 8.50. The van der Waals surface area contributed by atoms with Crippen molar-refractivity contribution in [3.05, 3.63) is 62.4 Å². The fourth-order valence-electron chi connectivity index (χ4n) is 3.26. The third kappa shape index (κ3) is 3.17. The summed E-state index contributed by atoms with van der Waals surface area (Å²) >= 11 is 5.89. The molecule has 146 valence electrons. The van der Waals surface area contributed by atoms with Crippen molar-refractivity contribution in [2.24, 2.45) is 10.7 Å². The Labute approximate surface area is 164 Å². The van der Waals surface area contributed by atoms with Crippen LogP contribution in [0.1, 0.15) is 17.5 Å². The van der Waals surface area contributed by atoms with Gasteiger partial charge in [0, 0.05) is 29.7 Å². The number of hydrogen-bond donors (Lipinski definition) is 2. The summed E-state index contributed by atoms with van der Waals surface area (Å²) in [7, 11) is 0. The summed E-state index contributed by atoms with van der Waals surface area (Å²) in [5.74, 6) is -0.484. The lowest BCUT2D eigenvalue weighted by Crippen LogP contribution is -2.39. The van der Waals surface area contributed by atoms with Gasteiger partial charge in [-0.1, -0.05) is 17.7 Å². The van der Waals surface area contributed by atoms with Gasteiger partial charge in [0.1, 0.15) is 11.9 Å². The van der Waals surface area contributed by atoms with Gasteiger partial charge in [-0.3, -0.25) is 15.8 Å². The summed E-state index contributed by atoms with van der Waals surface area (Å²) in [4.78, 5) is 15.4. The first-order valence-corrected chi connectivity index (χ1v) is 8.88. The maximum absolute atomic E-state index is 13.6. The summed E-state index contributed by atoms with van der Waals surface area (Å²) in [6.45, 7) is 0.920. The molecular formula is C18H16ClFN4O4. The molecule has 1 fully saturated rings. The number of anilines is 1. The van der Waals surface area contributed by atoms with Crippen LogP contribution in [0.2, 0.25) is 5.02 Å². The number of hydrogen-bond acceptors (Lipinski definition) is 7.